The first kappa shape index (κ1) is 18.5. The Hall–Kier alpha value is -2.81. The number of carbonyl (C=O) groups excluding carboxylic acids is 1. The number of carbonyl (C=O) groups is 1. The first-order valence-electron chi connectivity index (χ1n) is 8.47. The van der Waals surface area contributed by atoms with Gasteiger partial charge in [0.1, 0.15) is 0 Å². The van der Waals surface area contributed by atoms with Gasteiger partial charge in [-0.3, -0.25) is 15.2 Å². The molecule has 2 aliphatic heterocycles. The van der Waals surface area contributed by atoms with Gasteiger partial charge >= 0.3 is 6.18 Å². The lowest BCUT2D eigenvalue weighted by molar-refractivity contribution is -0.137. The van der Waals surface area contributed by atoms with Crippen molar-refractivity contribution in [2.45, 2.75) is 19.1 Å². The quantitative estimate of drug-likeness (QED) is 0.818. The number of alkyl halides is 3. The third-order valence-electron chi connectivity index (χ3n) is 4.39. The zero-order valence-electron chi connectivity index (χ0n) is 14.5. The molecule has 2 N–H and O–H groups in total. The molecule has 0 saturated heterocycles. The Kier molecular flexibility index (Phi) is 4.84. The van der Waals surface area contributed by atoms with E-state index in [9.17, 15) is 18.0 Å². The van der Waals surface area contributed by atoms with E-state index in [1.807, 2.05) is 18.2 Å². The number of thioether (sulfide) groups is 1. The van der Waals surface area contributed by atoms with Crippen LogP contribution >= 0.6 is 11.8 Å². The summed E-state index contributed by atoms with van der Waals surface area (Å²) in [5.41, 5.74) is 6.45. The van der Waals surface area contributed by atoms with Crippen molar-refractivity contribution in [3.8, 4) is 0 Å². The molecule has 2 aromatic rings. The zero-order valence-corrected chi connectivity index (χ0v) is 15.3. The molecule has 2 aromatic carbocycles. The monoisotopic (exact) mass is 404 g/mol. The minimum absolute atomic E-state index is 0.0112. The molecule has 9 heteroatoms. The molecule has 4 rings (SSSR count). The minimum atomic E-state index is -4.34. The maximum atomic E-state index is 12.6. The molecule has 1 amide bonds. The van der Waals surface area contributed by atoms with E-state index in [-0.39, 0.29) is 12.5 Å². The minimum Gasteiger partial charge on any atom is -0.326 e. The van der Waals surface area contributed by atoms with Gasteiger partial charge in [-0.2, -0.15) is 18.3 Å². The number of nitrogens with one attached hydrogen (secondary N) is 2. The Bertz CT molecular complexity index is 984. The van der Waals surface area contributed by atoms with E-state index in [4.69, 9.17) is 0 Å². The van der Waals surface area contributed by atoms with E-state index in [0.717, 1.165) is 34.7 Å². The van der Waals surface area contributed by atoms with Gasteiger partial charge in [-0.05, 0) is 29.3 Å². The van der Waals surface area contributed by atoms with E-state index in [2.05, 4.69) is 20.8 Å². The van der Waals surface area contributed by atoms with Crippen LogP contribution in [0.15, 0.2) is 52.6 Å². The Labute approximate surface area is 163 Å². The summed E-state index contributed by atoms with van der Waals surface area (Å²) >= 11 is 1.47. The van der Waals surface area contributed by atoms with Crippen molar-refractivity contribution in [3.05, 3.63) is 64.7 Å². The van der Waals surface area contributed by atoms with E-state index >= 15 is 0 Å². The highest BCUT2D eigenvalue weighted by Gasteiger charge is 2.29. The van der Waals surface area contributed by atoms with Gasteiger partial charge in [-0.25, -0.2) is 0 Å². The molecular weight excluding hydrogens is 389 g/mol. The Balaban J connectivity index is 1.40. The Morgan fingerprint density at radius 2 is 1.93 bits per heavy atom. The van der Waals surface area contributed by atoms with Crippen molar-refractivity contribution < 1.29 is 18.0 Å². The number of anilines is 1. The highest BCUT2D eigenvalue weighted by atomic mass is 32.2. The highest BCUT2D eigenvalue weighted by molar-refractivity contribution is 8.14. The first-order chi connectivity index (χ1) is 13.4. The van der Waals surface area contributed by atoms with Crippen molar-refractivity contribution in [2.24, 2.45) is 10.1 Å². The topological polar surface area (TPSA) is 65.8 Å². The van der Waals surface area contributed by atoms with Crippen LogP contribution in [0.2, 0.25) is 0 Å². The second-order valence-electron chi connectivity index (χ2n) is 6.37. The summed E-state index contributed by atoms with van der Waals surface area (Å²) in [7, 11) is 0. The van der Waals surface area contributed by atoms with Crippen molar-refractivity contribution in [1.29, 1.82) is 0 Å². The average Bonchev–Trinajstić information content (AvgIpc) is 3.05. The van der Waals surface area contributed by atoms with Crippen molar-refractivity contribution >= 4 is 34.2 Å². The fourth-order valence-corrected chi connectivity index (χ4v) is 3.67. The molecule has 0 spiro atoms. The van der Waals surface area contributed by atoms with Crippen molar-refractivity contribution in [2.75, 3.05) is 11.1 Å². The molecule has 0 bridgehead atoms. The third kappa shape index (κ3) is 4.04. The van der Waals surface area contributed by atoms with Gasteiger partial charge < -0.3 is 5.32 Å². The van der Waals surface area contributed by atoms with Crippen LogP contribution in [0, 0.1) is 0 Å². The zero-order chi connectivity index (χ0) is 19.7. The molecule has 0 fully saturated rings. The van der Waals surface area contributed by atoms with E-state index in [0.29, 0.717) is 22.9 Å². The number of benzene rings is 2. The predicted molar refractivity (Wildman–Crippen MR) is 103 cm³/mol. The van der Waals surface area contributed by atoms with Crippen LogP contribution in [0.3, 0.4) is 0 Å². The second kappa shape index (κ2) is 7.31. The van der Waals surface area contributed by atoms with Gasteiger partial charge in [0.15, 0.2) is 5.17 Å². The predicted octanol–water partition coefficient (Wildman–Crippen LogP) is 3.80. The number of hydrogen-bond acceptors (Lipinski definition) is 4. The third-order valence-corrected chi connectivity index (χ3v) is 5.30. The van der Waals surface area contributed by atoms with Crippen molar-refractivity contribution in [1.82, 2.24) is 5.43 Å². The molecule has 2 heterocycles. The van der Waals surface area contributed by atoms with Gasteiger partial charge in [0.25, 0.3) is 0 Å². The lowest BCUT2D eigenvalue weighted by atomic mass is 10.1. The lowest BCUT2D eigenvalue weighted by Crippen LogP contribution is -2.25. The van der Waals surface area contributed by atoms with Gasteiger partial charge in [0.05, 0.1) is 24.2 Å². The maximum absolute atomic E-state index is 12.6. The Morgan fingerprint density at radius 1 is 1.14 bits per heavy atom. The molecule has 0 unspecified atom stereocenters. The number of amides is 1. The number of rotatable bonds is 3. The van der Waals surface area contributed by atoms with Crippen LogP contribution in [0.5, 0.6) is 0 Å². The normalized spacial score (nSPS) is 17.8. The van der Waals surface area contributed by atoms with Crippen LogP contribution in [0.25, 0.3) is 0 Å². The molecular formula is C19H15F3N4OS. The molecule has 28 heavy (non-hydrogen) atoms. The fraction of sp³-hybridized carbons (Fsp3) is 0.211. The highest BCUT2D eigenvalue weighted by Crippen LogP contribution is 2.29. The average molecular weight is 404 g/mol. The molecule has 144 valence electrons. The summed E-state index contributed by atoms with van der Waals surface area (Å²) in [6.45, 7) is 0.267. The summed E-state index contributed by atoms with van der Waals surface area (Å²) in [6, 6.07) is 10.7. The number of hydrazone groups is 1. The Morgan fingerprint density at radius 3 is 2.61 bits per heavy atom. The molecule has 0 radical (unpaired) electrons. The van der Waals surface area contributed by atoms with E-state index < -0.39 is 11.7 Å². The van der Waals surface area contributed by atoms with Gasteiger partial charge in [0.2, 0.25) is 5.91 Å². The molecule has 0 saturated carbocycles. The molecule has 0 aromatic heterocycles. The number of hydrogen-bond donors (Lipinski definition) is 2. The van der Waals surface area contributed by atoms with Crippen LogP contribution in [0.1, 0.15) is 22.3 Å². The second-order valence-corrected chi connectivity index (χ2v) is 7.34. The van der Waals surface area contributed by atoms with Crippen LogP contribution in [-0.4, -0.2) is 22.5 Å². The molecule has 0 aliphatic carbocycles. The molecule has 5 nitrogen and oxygen atoms in total. The number of halogens is 3. The van der Waals surface area contributed by atoms with Crippen LogP contribution in [-0.2, 0) is 23.9 Å². The van der Waals surface area contributed by atoms with E-state index in [1.165, 1.54) is 23.9 Å². The lowest BCUT2D eigenvalue weighted by Gasteiger charge is -2.15. The first-order valence-corrected chi connectivity index (χ1v) is 9.46. The maximum Gasteiger partial charge on any atom is 0.416 e. The largest absolute Gasteiger partial charge is 0.416 e. The number of amidine groups is 1. The number of fused-ring (bicyclic) bond motifs is 1. The number of aliphatic imine (C=N–C) groups is 1. The summed E-state index contributed by atoms with van der Waals surface area (Å²) in [5, 5.41) is 7.77. The van der Waals surface area contributed by atoms with Crippen molar-refractivity contribution in [3.63, 3.8) is 0 Å². The smallest absolute Gasteiger partial charge is 0.326 e. The summed E-state index contributed by atoms with van der Waals surface area (Å²) in [4.78, 5) is 15.8. The molecule has 2 aliphatic rings. The van der Waals surface area contributed by atoms with Gasteiger partial charge in [0, 0.05) is 17.0 Å². The summed E-state index contributed by atoms with van der Waals surface area (Å²) in [6.07, 6.45) is -3.94. The van der Waals surface area contributed by atoms with Gasteiger partial charge in [-0.15, -0.1) is 0 Å². The SMILES string of the molecule is O=C1Cc2ccc(C3=NNC(=NCc4ccc(C(F)(F)F)cc4)SC3)cc2N1. The van der Waals surface area contributed by atoms with E-state index in [1.54, 1.807) is 0 Å². The van der Waals surface area contributed by atoms with Crippen LogP contribution in [0.4, 0.5) is 18.9 Å². The number of nitrogens with zero attached hydrogens (tertiary/aromatic N) is 2. The summed E-state index contributed by atoms with van der Waals surface area (Å²) in [5.74, 6) is 0.592. The molecule has 0 atom stereocenters. The standard InChI is InChI=1S/C19H15F3N4OS/c20-19(21,22)14-5-1-11(2-6-14)9-23-18-26-25-16(10-28-18)12-3-4-13-8-17(27)24-15(13)7-12/h1-7H,8-10H2,(H,23,26)(H,24,27). The van der Waals surface area contributed by atoms with Gasteiger partial charge in [-0.1, -0.05) is 36.0 Å². The van der Waals surface area contributed by atoms with Crippen LogP contribution < -0.4 is 10.7 Å². The summed E-state index contributed by atoms with van der Waals surface area (Å²) < 4.78 is 37.8. The fourth-order valence-electron chi connectivity index (χ4n) is 2.90.